The van der Waals surface area contributed by atoms with Crippen LogP contribution in [0, 0.1) is 0 Å². The molecular formula is C6H5F9O4S2. The maximum Gasteiger partial charge on any atom is 0.498 e. The van der Waals surface area contributed by atoms with Crippen molar-refractivity contribution in [2.24, 2.45) is 0 Å². The van der Waals surface area contributed by atoms with E-state index in [1.54, 1.807) is 0 Å². The van der Waals surface area contributed by atoms with E-state index in [0.29, 0.717) is 0 Å². The summed E-state index contributed by atoms with van der Waals surface area (Å²) in [6.45, 7) is 0. The van der Waals surface area contributed by atoms with Crippen LogP contribution in [0.5, 0.6) is 0 Å². The smallest absolute Gasteiger partial charge is 0.218 e. The Labute approximate surface area is 111 Å². The second kappa shape index (κ2) is 5.48. The minimum atomic E-state index is -7.01. The molecule has 0 aromatic heterocycles. The molecule has 0 saturated heterocycles. The van der Waals surface area contributed by atoms with Crippen LogP contribution in [0.3, 0.4) is 0 Å². The Morgan fingerprint density at radius 2 is 0.952 bits per heavy atom. The highest BCUT2D eigenvalue weighted by Crippen LogP contribution is 2.39. The van der Waals surface area contributed by atoms with Crippen LogP contribution in [-0.2, 0) is 19.7 Å². The highest BCUT2D eigenvalue weighted by molar-refractivity contribution is 8.09. The van der Waals surface area contributed by atoms with Crippen molar-refractivity contribution in [1.82, 2.24) is 0 Å². The molecule has 0 aliphatic carbocycles. The third kappa shape index (κ3) is 4.62. The van der Waals surface area contributed by atoms with Gasteiger partial charge in [0, 0.05) is 6.42 Å². The maximum atomic E-state index is 12.1. The fourth-order valence-corrected chi connectivity index (χ4v) is 4.50. The van der Waals surface area contributed by atoms with Crippen molar-refractivity contribution in [3.05, 3.63) is 0 Å². The van der Waals surface area contributed by atoms with Crippen molar-refractivity contribution in [3.63, 3.8) is 0 Å². The van der Waals surface area contributed by atoms with E-state index in [1.807, 2.05) is 0 Å². The summed E-state index contributed by atoms with van der Waals surface area (Å²) >= 11 is 0. The molecule has 0 fully saturated rings. The Morgan fingerprint density at radius 1 is 0.667 bits per heavy atom. The third-order valence-corrected chi connectivity index (χ3v) is 6.67. The zero-order valence-electron chi connectivity index (χ0n) is 9.34. The summed E-state index contributed by atoms with van der Waals surface area (Å²) in [5.41, 5.74) is -12.9. The van der Waals surface area contributed by atoms with Crippen molar-refractivity contribution in [3.8, 4) is 0 Å². The minimum absolute atomic E-state index is 2.42. The SMILES string of the molecule is O=S(=O)(C(CCC(F)(F)F)S(=O)(=O)C(F)(F)F)C(F)(F)F. The van der Waals surface area contributed by atoms with Gasteiger partial charge in [-0.25, -0.2) is 16.8 Å². The van der Waals surface area contributed by atoms with E-state index in [2.05, 4.69) is 0 Å². The lowest BCUT2D eigenvalue weighted by Crippen LogP contribution is -2.45. The summed E-state index contributed by atoms with van der Waals surface area (Å²) in [4.78, 5) is 0. The Bertz CT molecular complexity index is 521. The largest absolute Gasteiger partial charge is 0.498 e. The van der Waals surface area contributed by atoms with Gasteiger partial charge in [-0.05, 0) is 6.42 Å². The molecule has 0 bridgehead atoms. The van der Waals surface area contributed by atoms with Crippen LogP contribution in [0.4, 0.5) is 39.5 Å². The first-order valence-corrected chi connectivity index (χ1v) is 7.60. The van der Waals surface area contributed by atoms with Crippen molar-refractivity contribution in [2.45, 2.75) is 34.6 Å². The summed E-state index contributed by atoms with van der Waals surface area (Å²) in [6, 6.07) is 0. The highest BCUT2D eigenvalue weighted by atomic mass is 32.3. The van der Waals surface area contributed by atoms with Gasteiger partial charge in [0.15, 0.2) is 4.58 Å². The van der Waals surface area contributed by atoms with Gasteiger partial charge < -0.3 is 0 Å². The molecule has 0 aromatic carbocycles. The molecule has 0 saturated carbocycles. The quantitative estimate of drug-likeness (QED) is 0.708. The zero-order chi connectivity index (χ0) is 17.5. The first-order valence-electron chi connectivity index (χ1n) is 4.51. The van der Waals surface area contributed by atoms with Gasteiger partial charge in [0.1, 0.15) is 0 Å². The van der Waals surface area contributed by atoms with Crippen molar-refractivity contribution >= 4 is 19.7 Å². The van der Waals surface area contributed by atoms with E-state index in [0.717, 1.165) is 0 Å². The molecule has 0 radical (unpaired) electrons. The van der Waals surface area contributed by atoms with Crippen molar-refractivity contribution in [2.75, 3.05) is 0 Å². The molecule has 0 amide bonds. The molecule has 0 rings (SSSR count). The lowest BCUT2D eigenvalue weighted by atomic mass is 10.3. The fraction of sp³-hybridized carbons (Fsp3) is 1.00. The van der Waals surface area contributed by atoms with Gasteiger partial charge in [0.2, 0.25) is 0 Å². The molecule has 0 aromatic rings. The highest BCUT2D eigenvalue weighted by Gasteiger charge is 2.63. The molecule has 0 aliphatic heterocycles. The topological polar surface area (TPSA) is 68.3 Å². The van der Waals surface area contributed by atoms with Gasteiger partial charge >= 0.3 is 17.2 Å². The Balaban J connectivity index is 5.98. The molecule has 21 heavy (non-hydrogen) atoms. The molecule has 0 unspecified atom stereocenters. The number of hydrogen-bond donors (Lipinski definition) is 0. The van der Waals surface area contributed by atoms with Gasteiger partial charge in [-0.3, -0.25) is 0 Å². The van der Waals surface area contributed by atoms with Crippen LogP contribution in [0.2, 0.25) is 0 Å². The van der Waals surface area contributed by atoms with Crippen LogP contribution in [0.1, 0.15) is 12.8 Å². The summed E-state index contributed by atoms with van der Waals surface area (Å²) in [6.07, 6.45) is -10.2. The number of hydrogen-bond acceptors (Lipinski definition) is 4. The molecule has 0 spiro atoms. The second-order valence-corrected chi connectivity index (χ2v) is 8.11. The predicted molar refractivity (Wildman–Crippen MR) is 49.0 cm³/mol. The van der Waals surface area contributed by atoms with Crippen LogP contribution in [0.15, 0.2) is 0 Å². The predicted octanol–water partition coefficient (Wildman–Crippen LogP) is 2.52. The summed E-state index contributed by atoms with van der Waals surface area (Å²) in [5.74, 6) is 0. The van der Waals surface area contributed by atoms with E-state index < -0.39 is 54.3 Å². The maximum absolute atomic E-state index is 12.1. The van der Waals surface area contributed by atoms with Gasteiger partial charge in [-0.1, -0.05) is 0 Å². The van der Waals surface area contributed by atoms with Gasteiger partial charge in [-0.15, -0.1) is 0 Å². The van der Waals surface area contributed by atoms with E-state index in [4.69, 9.17) is 0 Å². The number of rotatable bonds is 4. The second-order valence-electron chi connectivity index (χ2n) is 3.56. The van der Waals surface area contributed by atoms with Crippen LogP contribution < -0.4 is 0 Å². The molecule has 0 atom stereocenters. The average molecular weight is 376 g/mol. The summed E-state index contributed by atoms with van der Waals surface area (Å²) in [5, 5.41) is 0. The van der Waals surface area contributed by atoms with Crippen LogP contribution >= 0.6 is 0 Å². The van der Waals surface area contributed by atoms with Crippen LogP contribution in [0.25, 0.3) is 0 Å². The molecular weight excluding hydrogens is 371 g/mol. The summed E-state index contributed by atoms with van der Waals surface area (Å²) < 4.78 is 147. The lowest BCUT2D eigenvalue weighted by molar-refractivity contribution is -0.135. The average Bonchev–Trinajstić information content (AvgIpc) is 2.10. The monoisotopic (exact) mass is 376 g/mol. The molecule has 0 aliphatic rings. The van der Waals surface area contributed by atoms with Gasteiger partial charge in [-0.2, -0.15) is 39.5 Å². The van der Waals surface area contributed by atoms with E-state index in [9.17, 15) is 56.3 Å². The Morgan fingerprint density at radius 3 is 1.14 bits per heavy atom. The molecule has 0 N–H and O–H groups in total. The zero-order valence-corrected chi connectivity index (χ0v) is 11.0. The Kier molecular flexibility index (Phi) is 5.29. The van der Waals surface area contributed by atoms with E-state index >= 15 is 0 Å². The van der Waals surface area contributed by atoms with E-state index in [1.165, 1.54) is 0 Å². The fourth-order valence-electron chi connectivity index (χ4n) is 1.06. The molecule has 15 heteroatoms. The first kappa shape index (κ1) is 20.3. The van der Waals surface area contributed by atoms with Crippen LogP contribution in [-0.4, -0.2) is 38.6 Å². The first-order chi connectivity index (χ1) is 8.84. The van der Waals surface area contributed by atoms with Gasteiger partial charge in [0.25, 0.3) is 19.7 Å². The number of alkyl halides is 9. The Hall–Kier alpha value is -0.730. The van der Waals surface area contributed by atoms with Crippen molar-refractivity contribution < 1.29 is 56.3 Å². The molecule has 128 valence electrons. The lowest BCUT2D eigenvalue weighted by Gasteiger charge is -2.21. The summed E-state index contributed by atoms with van der Waals surface area (Å²) in [7, 11) is -14.0. The minimum Gasteiger partial charge on any atom is -0.218 e. The number of sulfone groups is 2. The van der Waals surface area contributed by atoms with Crippen molar-refractivity contribution in [1.29, 1.82) is 0 Å². The normalized spacial score (nSPS) is 15.5. The molecule has 0 heterocycles. The standard InChI is InChI=1S/C6H5F9O4S2/c7-4(8,9)2-1-3(20(16,17)5(10,11)12)21(18,19)6(13,14)15/h3H,1-2H2. The molecule has 4 nitrogen and oxygen atoms in total. The van der Waals surface area contributed by atoms with Gasteiger partial charge in [0.05, 0.1) is 0 Å². The third-order valence-electron chi connectivity index (χ3n) is 2.00. The van der Waals surface area contributed by atoms with E-state index in [-0.39, 0.29) is 0 Å². The number of halogens is 9.